The van der Waals surface area contributed by atoms with E-state index in [4.69, 9.17) is 0 Å². The Hall–Kier alpha value is 0.689. The van der Waals surface area contributed by atoms with Crippen LogP contribution in [0.5, 0.6) is 0 Å². The summed E-state index contributed by atoms with van der Waals surface area (Å²) in [6, 6.07) is 0. The molecule has 0 aromatic rings. The zero-order valence-corrected chi connectivity index (χ0v) is 11.0. The molecule has 12 heavy (non-hydrogen) atoms. The summed E-state index contributed by atoms with van der Waals surface area (Å²) >= 11 is 0. The van der Waals surface area contributed by atoms with Crippen LogP contribution in [-0.2, 0) is 0 Å². The Morgan fingerprint density at radius 3 is 0.250 bits per heavy atom. The summed E-state index contributed by atoms with van der Waals surface area (Å²) in [4.78, 5) is 0. The first-order valence-electron chi connectivity index (χ1n) is 0. The van der Waals surface area contributed by atoms with Gasteiger partial charge >= 0.3 is 23.9 Å². The van der Waals surface area contributed by atoms with Crippen molar-refractivity contribution in [1.82, 2.24) is 0 Å². The van der Waals surface area contributed by atoms with Crippen LogP contribution in [0.4, 0.5) is 0 Å². The van der Waals surface area contributed by atoms with Gasteiger partial charge in [0.25, 0.3) is 0 Å². The van der Waals surface area contributed by atoms with Crippen molar-refractivity contribution in [3.05, 3.63) is 0 Å². The van der Waals surface area contributed by atoms with E-state index in [9.17, 15) is 0 Å². The molecule has 0 spiro atoms. The molecule has 94 valence electrons. The van der Waals surface area contributed by atoms with Crippen LogP contribution >= 0.6 is 12.4 Å². The summed E-state index contributed by atoms with van der Waals surface area (Å²) in [5.74, 6) is 0. The van der Waals surface area contributed by atoms with Crippen LogP contribution in [0.2, 0.25) is 0 Å². The van der Waals surface area contributed by atoms with Crippen molar-refractivity contribution in [3.63, 3.8) is 0 Å². The van der Waals surface area contributed by atoms with Gasteiger partial charge in [0.15, 0.2) is 0 Å². The van der Waals surface area contributed by atoms with Crippen molar-refractivity contribution in [1.29, 1.82) is 0 Å². The van der Waals surface area contributed by atoms with Gasteiger partial charge in [0.2, 0.25) is 0 Å². The Labute approximate surface area is 91.4 Å². The normalized spacial score (nSPS) is 0. The second-order valence-electron chi connectivity index (χ2n) is 0. The summed E-state index contributed by atoms with van der Waals surface area (Å²) in [5.41, 5.74) is 0. The van der Waals surface area contributed by atoms with Gasteiger partial charge in [0, 0.05) is 0 Å². The van der Waals surface area contributed by atoms with Gasteiger partial charge in [-0.1, -0.05) is 0 Å². The first-order valence-corrected chi connectivity index (χ1v) is 0. The predicted octanol–water partition coefficient (Wildman–Crippen LogP) is -8.74. The first-order chi connectivity index (χ1) is 0. The van der Waals surface area contributed by atoms with Crippen molar-refractivity contribution >= 4 is 36.3 Å². The minimum atomic E-state index is 0. The third-order valence-corrected chi connectivity index (χ3v) is 0. The van der Waals surface area contributed by atoms with Crippen molar-refractivity contribution in [2.24, 2.45) is 0 Å². The summed E-state index contributed by atoms with van der Waals surface area (Å²) in [6.07, 6.45) is 0. The fourth-order valence-corrected chi connectivity index (χ4v) is 0. The summed E-state index contributed by atoms with van der Waals surface area (Å²) < 4.78 is 0. The Balaban J connectivity index is 0. The van der Waals surface area contributed by atoms with E-state index < -0.39 is 0 Å². The number of rotatable bonds is 0. The Morgan fingerprint density at radius 1 is 0.250 bits per heavy atom. The molecular weight excluding hydrogens is 314 g/mol. The summed E-state index contributed by atoms with van der Waals surface area (Å²) in [6.45, 7) is 0. The van der Waals surface area contributed by atoms with Gasteiger partial charge in [0.1, 0.15) is 0 Å². The average molecular weight is 337 g/mol. The quantitative estimate of drug-likeness (QED) is 0.371. The number of hydrogen-bond donors (Lipinski definition) is 0. The van der Waals surface area contributed by atoms with Gasteiger partial charge < -0.3 is 54.8 Å². The maximum absolute atomic E-state index is 0. The van der Waals surface area contributed by atoms with Crippen molar-refractivity contribution in [2.45, 2.75) is 0 Å². The van der Waals surface area contributed by atoms with Gasteiger partial charge in [-0.2, -0.15) is 0 Å². The molecule has 0 saturated heterocycles. The van der Waals surface area contributed by atoms with Crippen LogP contribution in [0.3, 0.4) is 0 Å². The molecule has 10 nitrogen and oxygen atoms in total. The zero-order valence-electron chi connectivity index (χ0n) is 6.12. The van der Waals surface area contributed by atoms with Crippen LogP contribution in [0, 0.1) is 0 Å². The molecule has 0 saturated carbocycles. The van der Waals surface area contributed by atoms with E-state index in [0.29, 0.717) is 0 Å². The first kappa shape index (κ1) is 3660. The van der Waals surface area contributed by atoms with E-state index in [-0.39, 0.29) is 91.1 Å². The predicted molar refractivity (Wildman–Crippen MR) is 51.9 cm³/mol. The molecule has 0 amide bonds. The van der Waals surface area contributed by atoms with Gasteiger partial charge in [-0.25, -0.2) is 0 Å². The van der Waals surface area contributed by atoms with E-state index >= 15 is 0 Å². The molecule has 0 unspecified atom stereocenters. The second-order valence-corrected chi connectivity index (χ2v) is 0. The van der Waals surface area contributed by atoms with Crippen molar-refractivity contribution < 1.29 is 54.8 Å². The zero-order chi connectivity index (χ0) is 0. The molecule has 2 radical (unpaired) electrons. The average Bonchev–Trinajstić information content (AvgIpc) is 0. The molecule has 0 rings (SSSR count). The molecule has 0 aromatic carbocycles. The van der Waals surface area contributed by atoms with Gasteiger partial charge in [-0.15, -0.1) is 12.4 Å². The third kappa shape index (κ3) is 2120. The van der Waals surface area contributed by atoms with E-state index in [2.05, 4.69) is 0 Å². The second kappa shape index (κ2) is 2820. The molecule has 0 fully saturated rings. The van der Waals surface area contributed by atoms with Gasteiger partial charge in [-0.3, -0.25) is 0 Å². The fraction of sp³-hybridized carbons (Fsp3) is 0. The summed E-state index contributed by atoms with van der Waals surface area (Å²) in [5, 5.41) is 0. The monoisotopic (exact) mass is 338 g/mol. The maximum atomic E-state index is 0. The van der Waals surface area contributed by atoms with Crippen LogP contribution in [0.15, 0.2) is 0 Å². The Morgan fingerprint density at radius 2 is 0.250 bits per heavy atom. The van der Waals surface area contributed by atoms with Crippen molar-refractivity contribution in [2.75, 3.05) is 0 Å². The molecule has 0 aliphatic heterocycles. The van der Waals surface area contributed by atoms with Gasteiger partial charge in [-0.05, 0) is 0 Å². The summed E-state index contributed by atoms with van der Waals surface area (Å²) in [7, 11) is 0. The molecule has 0 aliphatic rings. The van der Waals surface area contributed by atoms with E-state index in [0.717, 1.165) is 0 Å². The topological polar surface area (TPSA) is 315 Å². The number of hydrogen-bond acceptors (Lipinski definition) is 0. The fourth-order valence-electron chi connectivity index (χ4n) is 0. The van der Waals surface area contributed by atoms with Crippen LogP contribution in [-0.4, -0.2) is 78.7 Å². The molecular formula is H23ClO10Sn. The van der Waals surface area contributed by atoms with E-state index in [1.54, 1.807) is 0 Å². The Bertz CT molecular complexity index is 9.80. The van der Waals surface area contributed by atoms with Crippen LogP contribution in [0.1, 0.15) is 0 Å². The third-order valence-electron chi connectivity index (χ3n) is 0. The molecule has 0 aliphatic carbocycles. The SMILES string of the molecule is Cl.O.O.O.O.O.O.O.O.O.O.[SnH2]. The molecule has 0 heterocycles. The molecule has 0 aromatic heterocycles. The molecule has 0 bridgehead atoms. The van der Waals surface area contributed by atoms with Crippen LogP contribution < -0.4 is 0 Å². The molecule has 20 N–H and O–H groups in total. The van der Waals surface area contributed by atoms with E-state index in [1.165, 1.54) is 0 Å². The van der Waals surface area contributed by atoms with E-state index in [1.807, 2.05) is 0 Å². The standard InChI is InChI=1S/ClH.10H2O.Sn.2H/h1H;10*1H2;;;. The number of halogens is 1. The Kier molecular flexibility index (Phi) is 858000. The van der Waals surface area contributed by atoms with Crippen molar-refractivity contribution in [3.8, 4) is 0 Å². The molecule has 12 heteroatoms. The molecule has 0 atom stereocenters. The van der Waals surface area contributed by atoms with Gasteiger partial charge in [0.05, 0.1) is 0 Å². The minimum absolute atomic E-state index is 0. The van der Waals surface area contributed by atoms with Crippen LogP contribution in [0.25, 0.3) is 0 Å².